The van der Waals surface area contributed by atoms with Gasteiger partial charge in [0.25, 0.3) is 0 Å². The summed E-state index contributed by atoms with van der Waals surface area (Å²) >= 11 is 1.86. The van der Waals surface area contributed by atoms with Crippen LogP contribution in [0.2, 0.25) is 0 Å². The number of pyridine rings is 1. The van der Waals surface area contributed by atoms with Gasteiger partial charge >= 0.3 is 0 Å². The first-order chi connectivity index (χ1) is 18.3. The lowest BCUT2D eigenvalue weighted by atomic mass is 10.1. The van der Waals surface area contributed by atoms with Crippen LogP contribution in [0.15, 0.2) is 89.1 Å². The van der Waals surface area contributed by atoms with E-state index in [9.17, 15) is 0 Å². The predicted molar refractivity (Wildman–Crippen MR) is 153 cm³/mol. The van der Waals surface area contributed by atoms with Crippen LogP contribution in [-0.2, 0) is 19.6 Å². The van der Waals surface area contributed by atoms with Crippen molar-refractivity contribution in [2.75, 3.05) is 11.4 Å². The largest absolute Gasteiger partial charge is 0.335 e. The van der Waals surface area contributed by atoms with Gasteiger partial charge in [-0.05, 0) is 49.6 Å². The molecule has 0 aliphatic carbocycles. The first-order valence-electron chi connectivity index (χ1n) is 13.2. The number of aryl methyl sites for hydroxylation is 2. The number of benzene rings is 2. The molecule has 0 spiro atoms. The topological polar surface area (TPSA) is 63.9 Å². The van der Waals surface area contributed by atoms with Gasteiger partial charge in [-0.25, -0.2) is 0 Å². The zero-order valence-electron chi connectivity index (χ0n) is 21.5. The Labute approximate surface area is 223 Å². The van der Waals surface area contributed by atoms with E-state index in [4.69, 9.17) is 5.73 Å². The van der Waals surface area contributed by atoms with E-state index >= 15 is 0 Å². The van der Waals surface area contributed by atoms with Gasteiger partial charge < -0.3 is 10.6 Å². The summed E-state index contributed by atoms with van der Waals surface area (Å²) in [6.45, 7) is 5.52. The van der Waals surface area contributed by atoms with Crippen LogP contribution in [0.5, 0.6) is 0 Å². The second kappa shape index (κ2) is 12.2. The molecular formula is C30H35N6S+. The fourth-order valence-corrected chi connectivity index (χ4v) is 5.91. The highest BCUT2D eigenvalue weighted by molar-refractivity contribution is 8.03. The lowest BCUT2D eigenvalue weighted by Crippen LogP contribution is -2.32. The number of unbranched alkanes of at least 4 members (excludes halogenated alkanes) is 3. The van der Waals surface area contributed by atoms with Crippen LogP contribution in [0, 0.1) is 0 Å². The summed E-state index contributed by atoms with van der Waals surface area (Å²) < 4.78 is 4.19. The number of fused-ring (bicyclic) bond motifs is 2. The Morgan fingerprint density at radius 1 is 0.973 bits per heavy atom. The molecule has 2 aromatic heterocycles. The van der Waals surface area contributed by atoms with Crippen molar-refractivity contribution in [2.24, 2.45) is 5.73 Å². The molecule has 0 saturated heterocycles. The monoisotopic (exact) mass is 511 g/mol. The van der Waals surface area contributed by atoms with Crippen molar-refractivity contribution in [3.8, 4) is 0 Å². The molecule has 0 fully saturated rings. The summed E-state index contributed by atoms with van der Waals surface area (Å²) in [6, 6.07) is 19.6. The Morgan fingerprint density at radius 3 is 2.62 bits per heavy atom. The van der Waals surface area contributed by atoms with Gasteiger partial charge in [-0.3, -0.25) is 4.68 Å². The number of allylic oxidation sites excluding steroid dienone is 2. The normalized spacial score (nSPS) is 14.3. The number of hydrogen-bond donors (Lipinski definition) is 1. The first-order valence-corrected chi connectivity index (χ1v) is 14.0. The molecular weight excluding hydrogens is 476 g/mol. The molecule has 6 nitrogen and oxygen atoms in total. The van der Waals surface area contributed by atoms with Crippen molar-refractivity contribution in [1.29, 1.82) is 0 Å². The molecule has 4 aromatic rings. The van der Waals surface area contributed by atoms with Crippen LogP contribution in [0.4, 0.5) is 5.69 Å². The maximum absolute atomic E-state index is 5.62. The van der Waals surface area contributed by atoms with E-state index < -0.39 is 0 Å². The van der Waals surface area contributed by atoms with Crippen LogP contribution in [0.25, 0.3) is 17.0 Å². The Kier molecular flexibility index (Phi) is 8.33. The zero-order valence-corrected chi connectivity index (χ0v) is 22.3. The highest BCUT2D eigenvalue weighted by Crippen LogP contribution is 2.45. The van der Waals surface area contributed by atoms with Crippen LogP contribution in [0.3, 0.4) is 0 Å². The van der Waals surface area contributed by atoms with Gasteiger partial charge in [0.2, 0.25) is 5.52 Å². The molecule has 1 aliphatic heterocycles. The Bertz CT molecular complexity index is 1410. The fraction of sp³-hybridized carbons (Fsp3) is 0.300. The Morgan fingerprint density at radius 2 is 1.78 bits per heavy atom. The number of thioether (sulfide) groups is 1. The molecule has 2 aromatic carbocycles. The maximum Gasteiger partial charge on any atom is 0.213 e. The lowest BCUT2D eigenvalue weighted by Gasteiger charge is -2.20. The van der Waals surface area contributed by atoms with Gasteiger partial charge in [0.15, 0.2) is 6.20 Å². The van der Waals surface area contributed by atoms with E-state index in [0.29, 0.717) is 6.54 Å². The van der Waals surface area contributed by atoms with Gasteiger partial charge in [0.1, 0.15) is 6.54 Å². The molecule has 0 bridgehead atoms. The molecule has 37 heavy (non-hydrogen) atoms. The third kappa shape index (κ3) is 5.95. The molecule has 0 saturated carbocycles. The summed E-state index contributed by atoms with van der Waals surface area (Å²) in [5.74, 6) is 0. The van der Waals surface area contributed by atoms with Crippen molar-refractivity contribution < 1.29 is 4.57 Å². The third-order valence-electron chi connectivity index (χ3n) is 6.76. The number of nitrogens with two attached hydrogens (primary N) is 1. The Hall–Kier alpha value is -3.42. The second-order valence-corrected chi connectivity index (χ2v) is 10.3. The van der Waals surface area contributed by atoms with Crippen LogP contribution < -0.4 is 15.2 Å². The molecule has 1 aliphatic rings. The summed E-state index contributed by atoms with van der Waals surface area (Å²) in [7, 11) is 0. The van der Waals surface area contributed by atoms with Gasteiger partial charge in [-0.15, -0.1) is 5.10 Å². The summed E-state index contributed by atoms with van der Waals surface area (Å²) in [4.78, 5) is 3.81. The minimum Gasteiger partial charge on any atom is -0.335 e. The average molecular weight is 512 g/mol. The van der Waals surface area contributed by atoms with Gasteiger partial charge in [0.05, 0.1) is 21.8 Å². The quantitative estimate of drug-likeness (QED) is 0.200. The predicted octanol–water partition coefficient (Wildman–Crippen LogP) is 5.92. The van der Waals surface area contributed by atoms with Crippen molar-refractivity contribution in [3.63, 3.8) is 0 Å². The van der Waals surface area contributed by atoms with Gasteiger partial charge in [-0.1, -0.05) is 66.2 Å². The minimum atomic E-state index is 0.446. The van der Waals surface area contributed by atoms with E-state index in [0.717, 1.165) is 38.2 Å². The van der Waals surface area contributed by atoms with Crippen molar-refractivity contribution in [2.45, 2.75) is 57.1 Å². The molecule has 190 valence electrons. The van der Waals surface area contributed by atoms with Crippen LogP contribution in [-0.4, -0.2) is 21.5 Å². The lowest BCUT2D eigenvalue weighted by molar-refractivity contribution is -0.667. The SMILES string of the molecule is CC[n+]1ccc(/C=C/C=C2\Sc3ccccc3N2CCCCCCn2cc(CN)nn2)c2ccccc21. The molecule has 0 radical (unpaired) electrons. The molecule has 7 heteroatoms. The van der Waals surface area contributed by atoms with Crippen LogP contribution in [0.1, 0.15) is 43.9 Å². The van der Waals surface area contributed by atoms with E-state index in [1.165, 1.54) is 44.9 Å². The number of aromatic nitrogens is 4. The maximum atomic E-state index is 5.62. The number of rotatable bonds is 11. The van der Waals surface area contributed by atoms with E-state index in [2.05, 4.69) is 106 Å². The number of nitrogens with zero attached hydrogens (tertiary/aromatic N) is 5. The van der Waals surface area contributed by atoms with Crippen molar-refractivity contribution in [3.05, 3.63) is 95.4 Å². The Balaban J connectivity index is 1.22. The second-order valence-electron chi connectivity index (χ2n) is 9.25. The molecule has 0 amide bonds. The summed E-state index contributed by atoms with van der Waals surface area (Å²) in [6.07, 6.45) is 15.5. The van der Waals surface area contributed by atoms with Gasteiger partial charge in [0, 0.05) is 42.9 Å². The van der Waals surface area contributed by atoms with E-state index in [-0.39, 0.29) is 0 Å². The molecule has 5 rings (SSSR count). The van der Waals surface area contributed by atoms with Crippen molar-refractivity contribution >= 4 is 34.4 Å². The number of anilines is 1. The summed E-state index contributed by atoms with van der Waals surface area (Å²) in [5.41, 5.74) is 10.3. The highest BCUT2D eigenvalue weighted by atomic mass is 32.2. The fourth-order valence-electron chi connectivity index (χ4n) is 4.81. The molecule has 0 unspecified atom stereocenters. The molecule has 0 atom stereocenters. The highest BCUT2D eigenvalue weighted by Gasteiger charge is 2.23. The van der Waals surface area contributed by atoms with E-state index in [1.807, 2.05) is 22.6 Å². The molecule has 2 N–H and O–H groups in total. The van der Waals surface area contributed by atoms with Crippen LogP contribution >= 0.6 is 11.8 Å². The number of para-hydroxylation sites is 2. The number of hydrogen-bond acceptors (Lipinski definition) is 5. The first kappa shape index (κ1) is 25.2. The summed E-state index contributed by atoms with van der Waals surface area (Å²) in [5, 5.41) is 10.8. The van der Waals surface area contributed by atoms with E-state index in [1.54, 1.807) is 0 Å². The van der Waals surface area contributed by atoms with Gasteiger partial charge in [-0.2, -0.15) is 4.57 Å². The third-order valence-corrected chi connectivity index (χ3v) is 7.90. The molecule has 3 heterocycles. The standard InChI is InChI=1S/C30H35N6S/c1-2-34-21-18-24(26-13-5-6-14-27(26)34)12-11-17-30-36(28-15-7-8-16-29(28)37-30)20-10-4-3-9-19-35-23-25(22-31)32-33-35/h5-8,11-18,21,23H,2-4,9-10,19-20,22,31H2,1H3/q+1. The smallest absolute Gasteiger partial charge is 0.213 e. The zero-order chi connectivity index (χ0) is 25.5. The minimum absolute atomic E-state index is 0.446. The van der Waals surface area contributed by atoms with Crippen molar-refractivity contribution in [1.82, 2.24) is 15.0 Å². The average Bonchev–Trinajstić information content (AvgIpc) is 3.55.